The van der Waals surface area contributed by atoms with Crippen LogP contribution in [0.1, 0.15) is 5.56 Å². The second-order valence-electron chi connectivity index (χ2n) is 5.65. The third-order valence-electron chi connectivity index (χ3n) is 3.60. The fourth-order valence-corrected chi connectivity index (χ4v) is 2.18. The van der Waals surface area contributed by atoms with Gasteiger partial charge in [-0.2, -0.15) is 8.78 Å². The number of para-hydroxylation sites is 2. The number of nitrogen functional groups attached to an aromatic ring is 1. The van der Waals surface area contributed by atoms with Crippen LogP contribution in [0.5, 0.6) is 0 Å². The molecule has 0 aromatic heterocycles. The fourth-order valence-electron chi connectivity index (χ4n) is 2.18. The Balaban J connectivity index is 1.94. The summed E-state index contributed by atoms with van der Waals surface area (Å²) in [6, 6.07) is 14.2. The first-order valence-corrected chi connectivity index (χ1v) is 8.13. The van der Waals surface area contributed by atoms with Crippen LogP contribution in [-0.2, 0) is 10.7 Å². The van der Waals surface area contributed by atoms with Crippen LogP contribution < -0.4 is 16.4 Å². The molecule has 0 aliphatic rings. The molecule has 27 heavy (non-hydrogen) atoms. The van der Waals surface area contributed by atoms with E-state index in [9.17, 15) is 13.6 Å². The maximum atomic E-state index is 14.1. The van der Waals surface area contributed by atoms with E-state index in [0.717, 1.165) is 6.21 Å². The molecule has 140 valence electrons. The summed E-state index contributed by atoms with van der Waals surface area (Å²) < 4.78 is 28.1. The molecule has 7 heteroatoms. The second-order valence-corrected chi connectivity index (χ2v) is 5.65. The van der Waals surface area contributed by atoms with Crippen molar-refractivity contribution in [3.8, 4) is 0 Å². The third kappa shape index (κ3) is 6.07. The van der Waals surface area contributed by atoms with Crippen LogP contribution >= 0.6 is 0 Å². The summed E-state index contributed by atoms with van der Waals surface area (Å²) in [5.41, 5.74) is 6.79. The molecule has 0 atom stereocenters. The zero-order valence-corrected chi connectivity index (χ0v) is 14.5. The van der Waals surface area contributed by atoms with Crippen LogP contribution in [0.2, 0.25) is 0 Å². The van der Waals surface area contributed by atoms with Gasteiger partial charge in [-0.25, -0.2) is 0 Å². The van der Waals surface area contributed by atoms with Crippen molar-refractivity contribution >= 4 is 23.5 Å². The van der Waals surface area contributed by atoms with Crippen molar-refractivity contribution in [3.63, 3.8) is 0 Å². The Bertz CT molecular complexity index is 848. The van der Waals surface area contributed by atoms with Gasteiger partial charge >= 0.3 is 0 Å². The van der Waals surface area contributed by atoms with Crippen molar-refractivity contribution < 1.29 is 13.6 Å². The Labute approximate surface area is 156 Å². The van der Waals surface area contributed by atoms with Gasteiger partial charge in [0.25, 0.3) is 5.92 Å². The molecule has 0 fully saturated rings. The first-order valence-electron chi connectivity index (χ1n) is 8.13. The van der Waals surface area contributed by atoms with Crippen molar-refractivity contribution in [1.82, 2.24) is 5.32 Å². The van der Waals surface area contributed by atoms with Gasteiger partial charge in [0.2, 0.25) is 5.91 Å². The minimum absolute atomic E-state index is 0.0994. The van der Waals surface area contributed by atoms with Gasteiger partial charge in [0.15, 0.2) is 0 Å². The molecule has 2 rings (SSSR count). The number of alkyl halides is 2. The zero-order valence-electron chi connectivity index (χ0n) is 14.5. The number of hydrogen-bond donors (Lipinski definition) is 4. The van der Waals surface area contributed by atoms with E-state index in [-0.39, 0.29) is 11.1 Å². The number of rotatable bonds is 8. The van der Waals surface area contributed by atoms with Crippen LogP contribution in [0, 0.1) is 5.41 Å². The predicted octanol–water partition coefficient (Wildman–Crippen LogP) is 3.68. The molecule has 0 saturated carbocycles. The van der Waals surface area contributed by atoms with E-state index in [4.69, 9.17) is 11.1 Å². The summed E-state index contributed by atoms with van der Waals surface area (Å²) in [5, 5.41) is 12.4. The highest BCUT2D eigenvalue weighted by Gasteiger charge is 2.30. The van der Waals surface area contributed by atoms with Crippen molar-refractivity contribution in [1.29, 1.82) is 5.41 Å². The smallest absolute Gasteiger partial charge is 0.290 e. The molecule has 5 N–H and O–H groups in total. The van der Waals surface area contributed by atoms with E-state index < -0.39 is 18.4 Å². The number of nitrogens with one attached hydrogen (secondary N) is 3. The van der Waals surface area contributed by atoms with Gasteiger partial charge in [-0.15, -0.1) is 0 Å². The van der Waals surface area contributed by atoms with Crippen LogP contribution in [0.15, 0.2) is 78.5 Å². The number of nitrogens with two attached hydrogens (primary N) is 1. The Morgan fingerprint density at radius 3 is 2.41 bits per heavy atom. The molecule has 1 amide bonds. The van der Waals surface area contributed by atoms with Gasteiger partial charge in [-0.1, -0.05) is 42.5 Å². The lowest BCUT2D eigenvalue weighted by Gasteiger charge is -2.16. The number of carbonyl (C=O) groups is 1. The van der Waals surface area contributed by atoms with E-state index in [1.807, 2.05) is 0 Å². The van der Waals surface area contributed by atoms with E-state index >= 15 is 0 Å². The number of benzene rings is 2. The summed E-state index contributed by atoms with van der Waals surface area (Å²) in [6.45, 7) is -0.630. The van der Waals surface area contributed by atoms with Gasteiger partial charge in [0.1, 0.15) is 0 Å². The van der Waals surface area contributed by atoms with E-state index in [1.54, 1.807) is 42.5 Å². The number of anilines is 2. The molecular formula is C20H20F2N4O. The average molecular weight is 370 g/mol. The minimum atomic E-state index is -3.06. The largest absolute Gasteiger partial charge is 0.397 e. The van der Waals surface area contributed by atoms with Crippen molar-refractivity contribution in [2.75, 3.05) is 17.6 Å². The Morgan fingerprint density at radius 2 is 1.74 bits per heavy atom. The molecule has 0 unspecified atom stereocenters. The summed E-state index contributed by atoms with van der Waals surface area (Å²) in [6.07, 6.45) is 4.74. The average Bonchev–Trinajstić information content (AvgIpc) is 2.67. The summed E-state index contributed by atoms with van der Waals surface area (Å²) in [7, 11) is 0. The lowest BCUT2D eigenvalue weighted by molar-refractivity contribution is -0.111. The quantitative estimate of drug-likeness (QED) is 0.247. The lowest BCUT2D eigenvalue weighted by Crippen LogP contribution is -2.27. The van der Waals surface area contributed by atoms with Crippen molar-refractivity contribution in [3.05, 3.63) is 84.1 Å². The number of amides is 1. The van der Waals surface area contributed by atoms with E-state index in [1.165, 1.54) is 30.5 Å². The topological polar surface area (TPSA) is 91.0 Å². The normalized spacial score (nSPS) is 12.0. The Morgan fingerprint density at radius 1 is 1.07 bits per heavy atom. The molecule has 0 radical (unpaired) electrons. The van der Waals surface area contributed by atoms with E-state index in [2.05, 4.69) is 10.6 Å². The monoisotopic (exact) mass is 370 g/mol. The zero-order chi connectivity index (χ0) is 19.7. The van der Waals surface area contributed by atoms with E-state index in [0.29, 0.717) is 11.4 Å². The molecular weight excluding hydrogens is 350 g/mol. The molecule has 2 aromatic rings. The summed E-state index contributed by atoms with van der Waals surface area (Å²) in [4.78, 5) is 11.9. The van der Waals surface area contributed by atoms with Crippen molar-refractivity contribution in [2.45, 2.75) is 5.92 Å². The maximum Gasteiger partial charge on any atom is 0.290 e. The van der Waals surface area contributed by atoms with Gasteiger partial charge in [-0.3, -0.25) is 4.79 Å². The van der Waals surface area contributed by atoms with Gasteiger partial charge < -0.3 is 21.8 Å². The van der Waals surface area contributed by atoms with Gasteiger partial charge in [-0.05, 0) is 18.2 Å². The van der Waals surface area contributed by atoms with Crippen LogP contribution in [0.25, 0.3) is 0 Å². The summed E-state index contributed by atoms with van der Waals surface area (Å²) in [5.74, 6) is -3.51. The molecule has 0 aliphatic carbocycles. The lowest BCUT2D eigenvalue weighted by atomic mass is 10.1. The highest BCUT2D eigenvalue weighted by Crippen LogP contribution is 2.26. The molecule has 0 aliphatic heterocycles. The maximum absolute atomic E-state index is 14.1. The summed E-state index contributed by atoms with van der Waals surface area (Å²) >= 11 is 0. The number of allylic oxidation sites excluding steroid dienone is 2. The Kier molecular flexibility index (Phi) is 6.82. The van der Waals surface area contributed by atoms with Crippen LogP contribution in [0.3, 0.4) is 0 Å². The first-order chi connectivity index (χ1) is 12.9. The van der Waals surface area contributed by atoms with Crippen molar-refractivity contribution in [2.24, 2.45) is 0 Å². The number of halogens is 2. The highest BCUT2D eigenvalue weighted by molar-refractivity contribution is 6.02. The van der Waals surface area contributed by atoms with Gasteiger partial charge in [0, 0.05) is 29.6 Å². The number of hydrogen-bond acceptors (Lipinski definition) is 4. The Hall–Kier alpha value is -3.48. The standard InChI is InChI=1S/C20H20F2N4O/c21-20(22,16-6-2-1-3-7-16)14-25-13-15(12-23)10-11-19(27)26-18-9-5-4-8-17(18)24/h1-13,23,25H,14,24H2,(H,26,27)/b11-10+,15-13-,23-12?. The molecule has 0 bridgehead atoms. The minimum Gasteiger partial charge on any atom is -0.397 e. The molecule has 0 spiro atoms. The number of carbonyl (C=O) groups excluding carboxylic acids is 1. The first kappa shape index (κ1) is 19.8. The highest BCUT2D eigenvalue weighted by atomic mass is 19.3. The molecule has 2 aromatic carbocycles. The van der Waals surface area contributed by atoms with Crippen LogP contribution in [0.4, 0.5) is 20.2 Å². The molecule has 0 heterocycles. The SMILES string of the molecule is N=CC(=C\NCC(F)(F)c1ccccc1)/C=C/C(=O)Nc1ccccc1N. The predicted molar refractivity (Wildman–Crippen MR) is 104 cm³/mol. The third-order valence-corrected chi connectivity index (χ3v) is 3.60. The van der Waals surface area contributed by atoms with Crippen LogP contribution in [-0.4, -0.2) is 18.7 Å². The second kappa shape index (κ2) is 9.28. The van der Waals surface area contributed by atoms with Gasteiger partial charge in [0.05, 0.1) is 17.9 Å². The fraction of sp³-hybridized carbons (Fsp3) is 0.100. The molecule has 5 nitrogen and oxygen atoms in total. The molecule has 0 saturated heterocycles.